The van der Waals surface area contributed by atoms with E-state index in [-0.39, 0.29) is 0 Å². The van der Waals surface area contributed by atoms with E-state index in [9.17, 15) is 0 Å². The van der Waals surface area contributed by atoms with Gasteiger partial charge in [-0.2, -0.15) is 0 Å². The van der Waals surface area contributed by atoms with Crippen molar-refractivity contribution in [2.24, 2.45) is 0 Å². The number of hydrogen-bond acceptors (Lipinski definition) is 1. The third-order valence-corrected chi connectivity index (χ3v) is 5.61. The molecule has 0 spiro atoms. The van der Waals surface area contributed by atoms with Gasteiger partial charge in [0.2, 0.25) is 8.32 Å². The molecule has 16 heavy (non-hydrogen) atoms. The third kappa shape index (κ3) is 2.84. The molecule has 1 aliphatic carbocycles. The van der Waals surface area contributed by atoms with Crippen molar-refractivity contribution in [3.63, 3.8) is 0 Å². The average Bonchev–Trinajstić information content (AvgIpc) is 2.58. The summed E-state index contributed by atoms with van der Waals surface area (Å²) in [4.78, 5) is 1.93. The van der Waals surface area contributed by atoms with E-state index >= 15 is 0 Å². The number of benzene rings is 1. The largest absolute Gasteiger partial charge is 0.410 e. The van der Waals surface area contributed by atoms with Crippen LogP contribution in [0.1, 0.15) is 11.1 Å². The molecule has 0 heterocycles. The van der Waals surface area contributed by atoms with Crippen molar-refractivity contribution in [2.45, 2.75) is 32.0 Å². The molecule has 1 aromatic rings. The second-order valence-corrected chi connectivity index (χ2v) is 9.12. The first-order valence-corrected chi connectivity index (χ1v) is 9.53. The van der Waals surface area contributed by atoms with Gasteiger partial charge in [0.15, 0.2) is 0 Å². The topological polar surface area (TPSA) is 9.23 Å². The molecule has 86 valence electrons. The molecule has 0 fully saturated rings. The number of rotatable bonds is 3. The Hall–Kier alpha value is -0.383. The zero-order valence-corrected chi connectivity index (χ0v) is 12.3. The van der Waals surface area contributed by atoms with Crippen LogP contribution in [0.2, 0.25) is 13.1 Å². The Kier molecular flexibility index (Phi) is 3.67. The van der Waals surface area contributed by atoms with Gasteiger partial charge in [0.05, 0.1) is 6.10 Å². The lowest BCUT2D eigenvalue weighted by atomic mass is 10.1. The zero-order valence-electron chi connectivity index (χ0n) is 9.74. The monoisotopic (exact) mass is 296 g/mol. The average molecular weight is 297 g/mol. The highest BCUT2D eigenvalue weighted by atomic mass is 79.9. The van der Waals surface area contributed by atoms with Crippen molar-refractivity contribution in [3.8, 4) is 0 Å². The molecule has 1 aromatic carbocycles. The fraction of sp³-hybridized carbons (Fsp3) is 0.385. The molecule has 0 aromatic heterocycles. The Bertz CT molecular complexity index is 376. The summed E-state index contributed by atoms with van der Waals surface area (Å²) in [5.74, 6) is 0. The van der Waals surface area contributed by atoms with Crippen molar-refractivity contribution in [2.75, 3.05) is 0 Å². The molecule has 0 aliphatic heterocycles. The van der Waals surface area contributed by atoms with Gasteiger partial charge in [0.1, 0.15) is 0 Å². The standard InChI is InChI=1S/C13H17BrOSi/c1-16(2,8-7-14)15-13-9-11-5-3-4-6-12(11)10-13/h3-8,13H,9-10H2,1-2H3/b8-7+. The summed E-state index contributed by atoms with van der Waals surface area (Å²) in [6.07, 6.45) is 2.52. The van der Waals surface area contributed by atoms with E-state index in [1.807, 2.05) is 4.99 Å². The van der Waals surface area contributed by atoms with Crippen molar-refractivity contribution < 1.29 is 4.43 Å². The zero-order chi connectivity index (χ0) is 11.6. The van der Waals surface area contributed by atoms with Crippen molar-refractivity contribution in [3.05, 3.63) is 46.1 Å². The molecule has 0 unspecified atom stereocenters. The molecule has 1 nitrogen and oxygen atoms in total. The fourth-order valence-electron chi connectivity index (χ4n) is 2.22. The number of halogens is 1. The molecule has 0 radical (unpaired) electrons. The lowest BCUT2D eigenvalue weighted by molar-refractivity contribution is 0.209. The molecule has 1 aliphatic rings. The Morgan fingerprint density at radius 2 is 1.81 bits per heavy atom. The molecule has 2 rings (SSSR count). The predicted octanol–water partition coefficient (Wildman–Crippen LogP) is 3.82. The van der Waals surface area contributed by atoms with Gasteiger partial charge in [0.25, 0.3) is 0 Å². The Morgan fingerprint density at radius 1 is 1.25 bits per heavy atom. The Balaban J connectivity index is 2.02. The van der Waals surface area contributed by atoms with Crippen LogP contribution in [-0.4, -0.2) is 14.4 Å². The van der Waals surface area contributed by atoms with Gasteiger partial charge in [-0.1, -0.05) is 45.9 Å². The summed E-state index contributed by atoms with van der Waals surface area (Å²) in [5, 5.41) is 0. The normalized spacial score (nSPS) is 16.9. The Labute approximate surface area is 107 Å². The second kappa shape index (κ2) is 4.86. The number of fused-ring (bicyclic) bond motifs is 1. The minimum absolute atomic E-state index is 0.378. The lowest BCUT2D eigenvalue weighted by Gasteiger charge is -2.23. The first-order valence-electron chi connectivity index (χ1n) is 5.63. The summed E-state index contributed by atoms with van der Waals surface area (Å²) in [6.45, 7) is 4.46. The SMILES string of the molecule is C[Si](C)(/C=C/Br)OC1Cc2ccccc2C1. The van der Waals surface area contributed by atoms with E-state index in [1.165, 1.54) is 11.1 Å². The van der Waals surface area contributed by atoms with Crippen LogP contribution in [0, 0.1) is 0 Å². The highest BCUT2D eigenvalue weighted by Gasteiger charge is 2.28. The van der Waals surface area contributed by atoms with Crippen molar-refractivity contribution in [1.29, 1.82) is 0 Å². The Morgan fingerprint density at radius 3 is 2.31 bits per heavy atom. The van der Waals surface area contributed by atoms with Crippen LogP contribution in [0.15, 0.2) is 35.0 Å². The molecule has 0 atom stereocenters. The molecule has 0 amide bonds. The van der Waals surface area contributed by atoms with Crippen LogP contribution in [0.4, 0.5) is 0 Å². The van der Waals surface area contributed by atoms with E-state index in [0.29, 0.717) is 6.10 Å². The van der Waals surface area contributed by atoms with Gasteiger partial charge in [-0.15, -0.1) is 0 Å². The van der Waals surface area contributed by atoms with Crippen LogP contribution in [-0.2, 0) is 17.3 Å². The molecule has 0 bridgehead atoms. The summed E-state index contributed by atoms with van der Waals surface area (Å²) < 4.78 is 6.24. The van der Waals surface area contributed by atoms with Gasteiger partial charge in [-0.25, -0.2) is 0 Å². The molecular weight excluding hydrogens is 280 g/mol. The number of hydrogen-bond donors (Lipinski definition) is 0. The maximum Gasteiger partial charge on any atom is 0.212 e. The van der Waals surface area contributed by atoms with E-state index in [0.717, 1.165) is 12.8 Å². The maximum atomic E-state index is 6.24. The summed E-state index contributed by atoms with van der Waals surface area (Å²) in [6, 6.07) is 8.66. The summed E-state index contributed by atoms with van der Waals surface area (Å²) in [7, 11) is -1.63. The van der Waals surface area contributed by atoms with Crippen molar-refractivity contribution in [1.82, 2.24) is 0 Å². The highest BCUT2D eigenvalue weighted by molar-refractivity contribution is 9.11. The van der Waals surface area contributed by atoms with E-state index in [2.05, 4.69) is 59.0 Å². The van der Waals surface area contributed by atoms with Crippen LogP contribution >= 0.6 is 15.9 Å². The van der Waals surface area contributed by atoms with E-state index < -0.39 is 8.32 Å². The van der Waals surface area contributed by atoms with Crippen molar-refractivity contribution >= 4 is 24.2 Å². The van der Waals surface area contributed by atoms with Gasteiger partial charge >= 0.3 is 0 Å². The van der Waals surface area contributed by atoms with Gasteiger partial charge < -0.3 is 4.43 Å². The molecule has 0 saturated heterocycles. The smallest absolute Gasteiger partial charge is 0.212 e. The maximum absolute atomic E-state index is 6.24. The summed E-state index contributed by atoms with van der Waals surface area (Å²) in [5.41, 5.74) is 5.09. The minimum atomic E-state index is -1.63. The molecular formula is C13H17BrOSi. The molecule has 0 saturated carbocycles. The third-order valence-electron chi connectivity index (χ3n) is 2.95. The van der Waals surface area contributed by atoms with Gasteiger partial charge in [-0.3, -0.25) is 0 Å². The van der Waals surface area contributed by atoms with E-state index in [4.69, 9.17) is 4.43 Å². The lowest BCUT2D eigenvalue weighted by Crippen LogP contribution is -2.34. The van der Waals surface area contributed by atoms with Gasteiger partial charge in [0, 0.05) is 0 Å². The predicted molar refractivity (Wildman–Crippen MR) is 74.3 cm³/mol. The first kappa shape index (κ1) is 12.1. The van der Waals surface area contributed by atoms with Crippen LogP contribution in [0.25, 0.3) is 0 Å². The van der Waals surface area contributed by atoms with Crippen LogP contribution in [0.5, 0.6) is 0 Å². The summed E-state index contributed by atoms with van der Waals surface area (Å²) >= 11 is 3.34. The van der Waals surface area contributed by atoms with Gasteiger partial charge in [-0.05, 0) is 42.0 Å². The molecule has 3 heteroatoms. The van der Waals surface area contributed by atoms with Crippen LogP contribution in [0.3, 0.4) is 0 Å². The van der Waals surface area contributed by atoms with E-state index in [1.54, 1.807) is 0 Å². The van der Waals surface area contributed by atoms with Crippen LogP contribution < -0.4 is 0 Å². The molecule has 0 N–H and O–H groups in total. The minimum Gasteiger partial charge on any atom is -0.410 e. The highest BCUT2D eigenvalue weighted by Crippen LogP contribution is 2.26. The first-order chi connectivity index (χ1) is 7.61. The fourth-order valence-corrected chi connectivity index (χ4v) is 5.54. The second-order valence-electron chi connectivity index (χ2n) is 4.81. The quantitative estimate of drug-likeness (QED) is 0.771.